The van der Waals surface area contributed by atoms with Gasteiger partial charge in [-0.25, -0.2) is 13.6 Å². The van der Waals surface area contributed by atoms with Crippen LogP contribution < -0.4 is 10.2 Å². The molecule has 5 nitrogen and oxygen atoms in total. The van der Waals surface area contributed by atoms with Crippen molar-refractivity contribution in [2.24, 2.45) is 0 Å². The number of benzene rings is 2. The van der Waals surface area contributed by atoms with E-state index in [0.29, 0.717) is 31.5 Å². The van der Waals surface area contributed by atoms with Crippen molar-refractivity contribution in [3.8, 4) is 6.07 Å². The van der Waals surface area contributed by atoms with Crippen molar-refractivity contribution in [3.63, 3.8) is 0 Å². The maximum absolute atomic E-state index is 14.3. The number of nitrogens with one attached hydrogen (secondary N) is 1. The number of carbonyl (C=O) groups excluding carboxylic acids is 1. The molecule has 2 aromatic carbocycles. The average molecular weight is 446 g/mol. The van der Waals surface area contributed by atoms with E-state index < -0.39 is 11.6 Å². The largest absolute Gasteiger partial charge is 0.465 e. The second-order valence-electron chi connectivity index (χ2n) is 7.98. The maximum Gasteiger partial charge on any atom is 0.338 e. The lowest BCUT2D eigenvalue weighted by atomic mass is 10.00. The van der Waals surface area contributed by atoms with Crippen LogP contribution in [-0.4, -0.2) is 32.2 Å². The van der Waals surface area contributed by atoms with Gasteiger partial charge in [-0.05, 0) is 49.9 Å². The van der Waals surface area contributed by atoms with Crippen LogP contribution in [0, 0.1) is 36.8 Å². The Kier molecular flexibility index (Phi) is 9.01. The number of carbonyl (C=O) groups is 1. The van der Waals surface area contributed by atoms with E-state index in [2.05, 4.69) is 19.2 Å². The van der Waals surface area contributed by atoms with Gasteiger partial charge in [0.1, 0.15) is 11.9 Å². The van der Waals surface area contributed by atoms with Gasteiger partial charge in [0.25, 0.3) is 0 Å². The quantitative estimate of drug-likeness (QED) is 0.586. The molecule has 1 saturated heterocycles. The van der Waals surface area contributed by atoms with Gasteiger partial charge < -0.3 is 15.0 Å². The zero-order chi connectivity index (χ0) is 23.8. The number of hydrogen-bond donors (Lipinski definition) is 1. The fourth-order valence-electron chi connectivity index (χ4n) is 3.78. The van der Waals surface area contributed by atoms with Crippen molar-refractivity contribution in [2.45, 2.75) is 53.0 Å². The SMILES string of the molecule is CCC.COC(=O)c1cc(NC2CCN(c3c(F)cc(F)cc3C#N)CC2)c(C)cc1C.[HH]. The Balaban J connectivity index is 0.00000129. The van der Waals surface area contributed by atoms with Crippen LogP contribution in [0.5, 0.6) is 0 Å². The summed E-state index contributed by atoms with van der Waals surface area (Å²) in [7, 11) is 1.36. The molecule has 0 atom stereocenters. The Hall–Kier alpha value is -3.14. The van der Waals surface area contributed by atoms with Gasteiger partial charge >= 0.3 is 5.97 Å². The number of esters is 1. The molecule has 1 aliphatic rings. The molecule has 1 fully saturated rings. The van der Waals surface area contributed by atoms with Gasteiger partial charge in [0.15, 0.2) is 5.82 Å². The number of nitrogens with zero attached hydrogens (tertiary/aromatic N) is 2. The highest BCUT2D eigenvalue weighted by molar-refractivity contribution is 5.92. The molecule has 0 unspecified atom stereocenters. The monoisotopic (exact) mass is 445 g/mol. The smallest absolute Gasteiger partial charge is 0.338 e. The number of halogens is 2. The topological polar surface area (TPSA) is 65.4 Å². The standard InChI is InChI=1S/C22H23F2N3O2.C3H8.H2/c1-13-8-14(2)20(11-18(13)22(28)29-3)26-17-4-6-27(7-5-17)21-15(12-25)9-16(23)10-19(21)24;1-3-2;/h8-11,17,26H,4-7H2,1-3H3;3H2,1-2H3;1H. The summed E-state index contributed by atoms with van der Waals surface area (Å²) in [5.41, 5.74) is 3.42. The summed E-state index contributed by atoms with van der Waals surface area (Å²) in [5, 5.41) is 12.7. The molecule has 2 aromatic rings. The third-order valence-corrected chi connectivity index (χ3v) is 5.30. The first-order valence-corrected chi connectivity index (χ1v) is 10.9. The van der Waals surface area contributed by atoms with Gasteiger partial charge in [0.05, 0.1) is 23.9 Å². The highest BCUT2D eigenvalue weighted by atomic mass is 19.1. The number of aryl methyl sites for hydroxylation is 2. The van der Waals surface area contributed by atoms with E-state index in [-0.39, 0.29) is 24.7 Å². The van der Waals surface area contributed by atoms with Crippen LogP contribution in [0.25, 0.3) is 0 Å². The predicted octanol–water partition coefficient (Wildman–Crippen LogP) is 5.98. The summed E-state index contributed by atoms with van der Waals surface area (Å²) in [6.45, 7) is 9.15. The molecule has 1 N–H and O–H groups in total. The first kappa shape index (κ1) is 25.1. The molecular weight excluding hydrogens is 412 g/mol. The Morgan fingerprint density at radius 3 is 2.38 bits per heavy atom. The Labute approximate surface area is 190 Å². The van der Waals surface area contributed by atoms with Crippen LogP contribution in [0.2, 0.25) is 0 Å². The fraction of sp³-hybridized carbons (Fsp3) is 0.440. The summed E-state index contributed by atoms with van der Waals surface area (Å²) < 4.78 is 32.5. The number of anilines is 2. The molecule has 7 heteroatoms. The van der Waals surface area contributed by atoms with Gasteiger partial charge in [-0.2, -0.15) is 5.26 Å². The summed E-state index contributed by atoms with van der Waals surface area (Å²) in [4.78, 5) is 13.7. The van der Waals surface area contributed by atoms with E-state index in [4.69, 9.17) is 4.74 Å². The van der Waals surface area contributed by atoms with Crippen molar-refractivity contribution in [1.82, 2.24) is 0 Å². The van der Waals surface area contributed by atoms with E-state index in [1.54, 1.807) is 11.0 Å². The maximum atomic E-state index is 14.3. The number of hydrogen-bond acceptors (Lipinski definition) is 5. The first-order valence-electron chi connectivity index (χ1n) is 10.9. The molecule has 3 rings (SSSR count). The van der Waals surface area contributed by atoms with Crippen molar-refractivity contribution in [3.05, 3.63) is 58.2 Å². The summed E-state index contributed by atoms with van der Waals surface area (Å²) in [6.07, 6.45) is 2.67. The lowest BCUT2D eigenvalue weighted by Gasteiger charge is -2.35. The molecule has 1 aliphatic heterocycles. The zero-order valence-electron chi connectivity index (χ0n) is 19.4. The van der Waals surface area contributed by atoms with Crippen molar-refractivity contribution < 1.29 is 19.7 Å². The number of piperidine rings is 1. The van der Waals surface area contributed by atoms with Crippen LogP contribution >= 0.6 is 0 Å². The molecule has 0 bridgehead atoms. The van der Waals surface area contributed by atoms with Crippen LogP contribution in [0.1, 0.15) is 61.6 Å². The second-order valence-corrected chi connectivity index (χ2v) is 7.98. The fourth-order valence-corrected chi connectivity index (χ4v) is 3.78. The summed E-state index contributed by atoms with van der Waals surface area (Å²) >= 11 is 0. The van der Waals surface area contributed by atoms with Gasteiger partial charge in [0, 0.05) is 32.3 Å². The molecule has 0 spiro atoms. The zero-order valence-corrected chi connectivity index (χ0v) is 19.4. The average Bonchev–Trinajstić information content (AvgIpc) is 2.76. The molecular formula is C25H33F2N3O2. The highest BCUT2D eigenvalue weighted by Gasteiger charge is 2.25. The van der Waals surface area contributed by atoms with Crippen molar-refractivity contribution in [1.29, 1.82) is 5.26 Å². The third-order valence-electron chi connectivity index (χ3n) is 5.30. The minimum Gasteiger partial charge on any atom is -0.465 e. The Morgan fingerprint density at radius 2 is 1.81 bits per heavy atom. The van der Waals surface area contributed by atoms with Gasteiger partial charge in [-0.15, -0.1) is 0 Å². The van der Waals surface area contributed by atoms with Crippen LogP contribution in [0.3, 0.4) is 0 Å². The summed E-state index contributed by atoms with van der Waals surface area (Å²) in [6, 6.07) is 7.63. The van der Waals surface area contributed by atoms with Gasteiger partial charge in [-0.1, -0.05) is 26.3 Å². The molecule has 0 amide bonds. The van der Waals surface area contributed by atoms with E-state index in [0.717, 1.165) is 28.9 Å². The minimum atomic E-state index is -0.754. The lowest BCUT2D eigenvalue weighted by molar-refractivity contribution is 0.0600. The van der Waals surface area contributed by atoms with Gasteiger partial charge in [-0.3, -0.25) is 0 Å². The van der Waals surface area contributed by atoms with Crippen LogP contribution in [0.4, 0.5) is 20.2 Å². The highest BCUT2D eigenvalue weighted by Crippen LogP contribution is 2.30. The number of methoxy groups -OCH3 is 1. The number of ether oxygens (including phenoxy) is 1. The predicted molar refractivity (Wildman–Crippen MR) is 125 cm³/mol. The molecule has 0 saturated carbocycles. The van der Waals surface area contributed by atoms with E-state index in [1.165, 1.54) is 13.5 Å². The number of rotatable bonds is 4. The van der Waals surface area contributed by atoms with Crippen molar-refractivity contribution >= 4 is 17.3 Å². The molecule has 0 aliphatic carbocycles. The number of nitriles is 1. The van der Waals surface area contributed by atoms with E-state index in [9.17, 15) is 18.8 Å². The molecule has 174 valence electrons. The normalized spacial score (nSPS) is 13.6. The minimum absolute atomic E-state index is 0. The van der Waals surface area contributed by atoms with Crippen LogP contribution in [-0.2, 0) is 4.74 Å². The van der Waals surface area contributed by atoms with Crippen LogP contribution in [0.15, 0.2) is 24.3 Å². The van der Waals surface area contributed by atoms with Crippen molar-refractivity contribution in [2.75, 3.05) is 30.4 Å². The molecule has 32 heavy (non-hydrogen) atoms. The molecule has 0 aromatic heterocycles. The van der Waals surface area contributed by atoms with Gasteiger partial charge in [0.2, 0.25) is 0 Å². The lowest BCUT2D eigenvalue weighted by Crippen LogP contribution is -2.40. The Morgan fingerprint density at radius 1 is 1.19 bits per heavy atom. The first-order chi connectivity index (χ1) is 15.2. The molecule has 1 heterocycles. The van der Waals surface area contributed by atoms with E-state index >= 15 is 0 Å². The third kappa shape index (κ3) is 5.97. The molecule has 0 radical (unpaired) electrons. The second kappa shape index (κ2) is 11.5. The van der Waals surface area contributed by atoms with E-state index in [1.807, 2.05) is 26.0 Å². The summed E-state index contributed by atoms with van der Waals surface area (Å²) in [5.74, 6) is -1.85. The Bertz CT molecular complexity index is 1000.